The van der Waals surface area contributed by atoms with Gasteiger partial charge in [-0.05, 0) is 62.7 Å². The van der Waals surface area contributed by atoms with Crippen LogP contribution in [-0.4, -0.2) is 63.7 Å². The third-order valence-corrected chi connectivity index (χ3v) is 7.78. The Morgan fingerprint density at radius 3 is 2.59 bits per heavy atom. The van der Waals surface area contributed by atoms with Crippen molar-refractivity contribution in [2.24, 2.45) is 5.92 Å². The predicted octanol–water partition coefficient (Wildman–Crippen LogP) is 3.32. The molecule has 1 aliphatic heterocycles. The maximum Gasteiger partial charge on any atom is 0.243 e. The maximum absolute atomic E-state index is 13.2. The summed E-state index contributed by atoms with van der Waals surface area (Å²) >= 11 is 0. The molecule has 0 bridgehead atoms. The number of ketones is 1. The van der Waals surface area contributed by atoms with Gasteiger partial charge in [-0.25, -0.2) is 12.8 Å². The van der Waals surface area contributed by atoms with Crippen LogP contribution in [0.15, 0.2) is 53.4 Å². The van der Waals surface area contributed by atoms with Crippen molar-refractivity contribution in [2.75, 3.05) is 40.3 Å². The number of carbonyl (C=O) groups excluding carboxylic acids is 1. The Balaban J connectivity index is 1.65. The van der Waals surface area contributed by atoms with Crippen LogP contribution in [0.4, 0.5) is 4.39 Å². The molecular formula is C24H32FN3O3S. The lowest BCUT2D eigenvalue weighted by atomic mass is 10.0. The zero-order valence-electron chi connectivity index (χ0n) is 18.9. The van der Waals surface area contributed by atoms with Crippen molar-refractivity contribution < 1.29 is 17.6 Å². The Morgan fingerprint density at radius 2 is 1.94 bits per heavy atom. The molecule has 1 saturated heterocycles. The van der Waals surface area contributed by atoms with E-state index >= 15 is 0 Å². The molecule has 2 aromatic rings. The summed E-state index contributed by atoms with van der Waals surface area (Å²) in [5, 5.41) is 3.16. The van der Waals surface area contributed by atoms with Crippen molar-refractivity contribution in [2.45, 2.75) is 30.7 Å². The number of benzene rings is 2. The molecule has 6 nitrogen and oxygen atoms in total. The molecule has 8 heteroatoms. The van der Waals surface area contributed by atoms with Gasteiger partial charge in [-0.2, -0.15) is 4.31 Å². The van der Waals surface area contributed by atoms with Crippen LogP contribution in [0, 0.1) is 11.7 Å². The zero-order valence-corrected chi connectivity index (χ0v) is 19.7. The van der Waals surface area contributed by atoms with E-state index in [1.165, 1.54) is 22.5 Å². The van der Waals surface area contributed by atoms with Crippen LogP contribution < -0.4 is 5.32 Å². The quantitative estimate of drug-likeness (QED) is 0.580. The van der Waals surface area contributed by atoms with Gasteiger partial charge in [0.25, 0.3) is 0 Å². The first-order valence-corrected chi connectivity index (χ1v) is 12.4. The number of rotatable bonds is 9. The van der Waals surface area contributed by atoms with Crippen molar-refractivity contribution in [1.29, 1.82) is 0 Å². The maximum atomic E-state index is 13.2. The normalized spacial score (nSPS) is 18.6. The number of carbonyl (C=O) groups is 1. The summed E-state index contributed by atoms with van der Waals surface area (Å²) in [6, 6.07) is 12.6. The molecule has 0 amide bonds. The molecule has 174 valence electrons. The fraction of sp³-hybridized carbons (Fsp3) is 0.458. The highest BCUT2D eigenvalue weighted by atomic mass is 32.2. The van der Waals surface area contributed by atoms with Crippen LogP contribution in [0.3, 0.4) is 0 Å². The fourth-order valence-electron chi connectivity index (χ4n) is 4.05. The van der Waals surface area contributed by atoms with Crippen LogP contribution in [0.5, 0.6) is 0 Å². The van der Waals surface area contributed by atoms with Crippen LogP contribution in [-0.2, 0) is 10.0 Å². The van der Waals surface area contributed by atoms with E-state index in [0.29, 0.717) is 31.1 Å². The van der Waals surface area contributed by atoms with Gasteiger partial charge in [-0.3, -0.25) is 4.79 Å². The summed E-state index contributed by atoms with van der Waals surface area (Å²) in [6.07, 6.45) is 1.88. The highest BCUT2D eigenvalue weighted by Gasteiger charge is 2.29. The van der Waals surface area contributed by atoms with Crippen LogP contribution in [0.2, 0.25) is 0 Å². The van der Waals surface area contributed by atoms with Gasteiger partial charge in [0.05, 0.1) is 11.4 Å². The number of halogens is 1. The Hall–Kier alpha value is -2.13. The third-order valence-electron chi connectivity index (χ3n) is 5.91. The standard InChI is InChI=1S/C24H32FN3O3S/c1-18-6-5-13-28(17-18)32(30,31)22-8-4-7-20(14-22)24(29)16-26-15-23(27(2)3)19-9-11-21(25)12-10-19/h4,7-12,14,18,23,26H,5-6,13,15-17H2,1-3H3. The van der Waals surface area contributed by atoms with Crippen molar-refractivity contribution in [3.8, 4) is 0 Å². The number of nitrogens with zero attached hydrogens (tertiary/aromatic N) is 2. The van der Waals surface area contributed by atoms with Gasteiger partial charge in [-0.15, -0.1) is 0 Å². The van der Waals surface area contributed by atoms with Crippen molar-refractivity contribution in [3.63, 3.8) is 0 Å². The largest absolute Gasteiger partial charge is 0.308 e. The molecule has 1 aliphatic rings. The average molecular weight is 462 g/mol. The smallest absolute Gasteiger partial charge is 0.243 e. The first-order valence-electron chi connectivity index (χ1n) is 10.9. The first-order chi connectivity index (χ1) is 15.2. The molecular weight excluding hydrogens is 429 g/mol. The lowest BCUT2D eigenvalue weighted by Gasteiger charge is -2.30. The topological polar surface area (TPSA) is 69.7 Å². The van der Waals surface area contributed by atoms with E-state index in [1.807, 2.05) is 19.0 Å². The Bertz CT molecular complexity index is 1030. The van der Waals surface area contributed by atoms with Crippen molar-refractivity contribution in [1.82, 2.24) is 14.5 Å². The zero-order chi connectivity index (χ0) is 23.3. The summed E-state index contributed by atoms with van der Waals surface area (Å²) in [6.45, 7) is 3.66. The molecule has 2 unspecified atom stereocenters. The number of sulfonamides is 1. The number of nitrogens with one attached hydrogen (secondary N) is 1. The van der Waals surface area contributed by atoms with E-state index in [9.17, 15) is 17.6 Å². The van der Waals surface area contributed by atoms with Crippen LogP contribution in [0.1, 0.15) is 41.7 Å². The number of hydrogen-bond acceptors (Lipinski definition) is 5. The lowest BCUT2D eigenvalue weighted by Crippen LogP contribution is -2.39. The van der Waals surface area contributed by atoms with Crippen molar-refractivity contribution in [3.05, 3.63) is 65.5 Å². The molecule has 1 heterocycles. The molecule has 0 radical (unpaired) electrons. The lowest BCUT2D eigenvalue weighted by molar-refractivity contribution is 0.0988. The van der Waals surface area contributed by atoms with Gasteiger partial charge in [-0.1, -0.05) is 31.2 Å². The van der Waals surface area contributed by atoms with Crippen LogP contribution >= 0.6 is 0 Å². The fourth-order valence-corrected chi connectivity index (χ4v) is 5.70. The van der Waals surface area contributed by atoms with E-state index in [0.717, 1.165) is 18.4 Å². The minimum Gasteiger partial charge on any atom is -0.308 e. The molecule has 0 saturated carbocycles. The Kier molecular flexibility index (Phi) is 8.16. The second kappa shape index (κ2) is 10.7. The van der Waals surface area contributed by atoms with E-state index in [-0.39, 0.29) is 29.1 Å². The Labute approximate surface area is 190 Å². The second-order valence-electron chi connectivity index (χ2n) is 8.72. The second-order valence-corrected chi connectivity index (χ2v) is 10.7. The SMILES string of the molecule is CC1CCCN(S(=O)(=O)c2cccc(C(=O)CNCC(c3ccc(F)cc3)N(C)C)c2)C1. The summed E-state index contributed by atoms with van der Waals surface area (Å²) < 4.78 is 40.8. The summed E-state index contributed by atoms with van der Waals surface area (Å²) in [5.41, 5.74) is 1.31. The van der Waals surface area contributed by atoms with Gasteiger partial charge in [0.2, 0.25) is 10.0 Å². The summed E-state index contributed by atoms with van der Waals surface area (Å²) in [7, 11) is 0.236. The van der Waals surface area contributed by atoms with E-state index in [4.69, 9.17) is 0 Å². The molecule has 2 atom stereocenters. The molecule has 1 fully saturated rings. The Morgan fingerprint density at radius 1 is 1.22 bits per heavy atom. The number of likely N-dealkylation sites (N-methyl/N-ethyl adjacent to an activating group) is 1. The minimum atomic E-state index is -3.61. The monoisotopic (exact) mass is 461 g/mol. The highest BCUT2D eigenvalue weighted by Crippen LogP contribution is 2.24. The predicted molar refractivity (Wildman–Crippen MR) is 124 cm³/mol. The van der Waals surface area contributed by atoms with Gasteiger partial charge in [0, 0.05) is 31.2 Å². The van der Waals surface area contributed by atoms with E-state index < -0.39 is 10.0 Å². The first kappa shape index (κ1) is 24.5. The molecule has 1 N–H and O–H groups in total. The number of Topliss-reactive ketones (excluding diaryl/α,β-unsaturated/α-hetero) is 1. The van der Waals surface area contributed by atoms with Gasteiger partial charge >= 0.3 is 0 Å². The molecule has 0 aromatic heterocycles. The van der Waals surface area contributed by atoms with Crippen LogP contribution in [0.25, 0.3) is 0 Å². The summed E-state index contributed by atoms with van der Waals surface area (Å²) in [4.78, 5) is 14.9. The summed E-state index contributed by atoms with van der Waals surface area (Å²) in [5.74, 6) is -0.132. The average Bonchev–Trinajstić information content (AvgIpc) is 2.77. The van der Waals surface area contributed by atoms with Crippen molar-refractivity contribution >= 4 is 15.8 Å². The van der Waals surface area contributed by atoms with E-state index in [1.54, 1.807) is 30.3 Å². The van der Waals surface area contributed by atoms with Gasteiger partial charge in [0.15, 0.2) is 5.78 Å². The number of hydrogen-bond donors (Lipinski definition) is 1. The molecule has 32 heavy (non-hydrogen) atoms. The molecule has 2 aromatic carbocycles. The van der Waals surface area contributed by atoms with Gasteiger partial charge in [0.1, 0.15) is 5.82 Å². The highest BCUT2D eigenvalue weighted by molar-refractivity contribution is 7.89. The minimum absolute atomic E-state index is 0.0313. The molecule has 0 aliphatic carbocycles. The van der Waals surface area contributed by atoms with Gasteiger partial charge < -0.3 is 10.2 Å². The molecule has 0 spiro atoms. The van der Waals surface area contributed by atoms with E-state index in [2.05, 4.69) is 12.2 Å². The number of piperidine rings is 1. The third kappa shape index (κ3) is 6.01. The molecule has 3 rings (SSSR count).